The monoisotopic (exact) mass is 270 g/mol. The van der Waals surface area contributed by atoms with Gasteiger partial charge in [-0.2, -0.15) is 0 Å². The van der Waals surface area contributed by atoms with E-state index in [0.29, 0.717) is 15.8 Å². The van der Waals surface area contributed by atoms with Crippen molar-refractivity contribution in [1.82, 2.24) is 0 Å². The molecule has 2 nitrogen and oxygen atoms in total. The van der Waals surface area contributed by atoms with Gasteiger partial charge in [-0.15, -0.1) is 11.3 Å². The van der Waals surface area contributed by atoms with Gasteiger partial charge in [0, 0.05) is 4.88 Å². The minimum Gasteiger partial charge on any atom is -0.478 e. The van der Waals surface area contributed by atoms with Crippen molar-refractivity contribution in [1.29, 1.82) is 0 Å². The molecule has 0 saturated heterocycles. The Balaban J connectivity index is 2.22. The van der Waals surface area contributed by atoms with Gasteiger partial charge in [-0.3, -0.25) is 0 Å². The van der Waals surface area contributed by atoms with Crippen LogP contribution < -0.4 is 0 Å². The average molecular weight is 271 g/mol. The van der Waals surface area contributed by atoms with E-state index >= 15 is 0 Å². The van der Waals surface area contributed by atoms with Crippen molar-refractivity contribution in [2.75, 3.05) is 0 Å². The van der Waals surface area contributed by atoms with Gasteiger partial charge in [0.25, 0.3) is 0 Å². The lowest BCUT2D eigenvalue weighted by molar-refractivity contribution is -0.130. The minimum absolute atomic E-state index is 0.411. The molecule has 2 rings (SSSR count). The summed E-state index contributed by atoms with van der Waals surface area (Å²) in [5.74, 6) is -0.440. The fraction of sp³-hybridized carbons (Fsp3) is 0.462. The maximum atomic E-state index is 11.3. The average Bonchev–Trinajstić information content (AvgIpc) is 2.73. The Morgan fingerprint density at radius 3 is 2.59 bits per heavy atom. The fourth-order valence-electron chi connectivity index (χ4n) is 2.25. The van der Waals surface area contributed by atoms with E-state index < -0.39 is 5.97 Å². The summed E-state index contributed by atoms with van der Waals surface area (Å²) < 4.78 is 0.635. The number of carboxylic acids is 1. The first-order chi connectivity index (χ1) is 8.16. The number of rotatable bonds is 3. The van der Waals surface area contributed by atoms with Gasteiger partial charge in [0.15, 0.2) is 0 Å². The molecule has 0 unspecified atom stereocenters. The molecule has 0 spiro atoms. The van der Waals surface area contributed by atoms with Crippen LogP contribution in [0.5, 0.6) is 0 Å². The van der Waals surface area contributed by atoms with Gasteiger partial charge < -0.3 is 5.11 Å². The van der Waals surface area contributed by atoms with E-state index in [2.05, 4.69) is 0 Å². The highest BCUT2D eigenvalue weighted by Gasteiger charge is 2.17. The maximum Gasteiger partial charge on any atom is 0.336 e. The zero-order valence-corrected chi connectivity index (χ0v) is 11.1. The number of carboxylic acid groups (broad SMARTS) is 1. The van der Waals surface area contributed by atoms with Crippen molar-refractivity contribution in [3.05, 3.63) is 27.4 Å². The Morgan fingerprint density at radius 1 is 1.35 bits per heavy atom. The first-order valence-corrected chi connectivity index (χ1v) is 7.07. The summed E-state index contributed by atoms with van der Waals surface area (Å²) in [6.45, 7) is 0. The Morgan fingerprint density at radius 2 is 2.06 bits per heavy atom. The van der Waals surface area contributed by atoms with Crippen molar-refractivity contribution >= 4 is 34.5 Å². The van der Waals surface area contributed by atoms with Crippen LogP contribution in [0.2, 0.25) is 4.34 Å². The Bertz CT molecular complexity index is 430. The van der Waals surface area contributed by atoms with E-state index in [-0.39, 0.29) is 0 Å². The second kappa shape index (κ2) is 5.69. The van der Waals surface area contributed by atoms with E-state index in [1.165, 1.54) is 30.6 Å². The number of thiophene rings is 1. The third-order valence-corrected chi connectivity index (χ3v) is 4.39. The number of hydrogen-bond donors (Lipinski definition) is 1. The molecule has 0 aromatic carbocycles. The lowest BCUT2D eigenvalue weighted by Gasteiger charge is -2.18. The lowest BCUT2D eigenvalue weighted by Crippen LogP contribution is -2.06. The molecule has 0 radical (unpaired) electrons. The maximum absolute atomic E-state index is 11.3. The topological polar surface area (TPSA) is 37.3 Å². The zero-order valence-electron chi connectivity index (χ0n) is 9.49. The van der Waals surface area contributed by atoms with Crippen LogP contribution in [0.25, 0.3) is 5.57 Å². The van der Waals surface area contributed by atoms with E-state index in [9.17, 15) is 9.90 Å². The third-order valence-electron chi connectivity index (χ3n) is 3.12. The number of aliphatic carboxylic acids is 1. The van der Waals surface area contributed by atoms with Gasteiger partial charge in [-0.1, -0.05) is 36.9 Å². The molecule has 1 aliphatic carbocycles. The molecule has 0 bridgehead atoms. The molecular formula is C13H15ClO2S. The molecule has 92 valence electrons. The van der Waals surface area contributed by atoms with Crippen LogP contribution >= 0.6 is 22.9 Å². The lowest BCUT2D eigenvalue weighted by atomic mass is 9.87. The zero-order chi connectivity index (χ0) is 12.3. The predicted molar refractivity (Wildman–Crippen MR) is 71.5 cm³/mol. The second-order valence-corrected chi connectivity index (χ2v) is 6.10. The van der Waals surface area contributed by atoms with Crippen LogP contribution in [-0.4, -0.2) is 11.1 Å². The summed E-state index contributed by atoms with van der Waals surface area (Å²) in [6.07, 6.45) is 7.82. The molecule has 1 aromatic heterocycles. The first kappa shape index (κ1) is 12.7. The predicted octanol–water partition coefficient (Wildman–Crippen LogP) is 4.45. The van der Waals surface area contributed by atoms with Crippen LogP contribution in [-0.2, 0) is 4.79 Å². The molecular weight excluding hydrogens is 256 g/mol. The summed E-state index contributed by atoms with van der Waals surface area (Å²) in [5, 5.41) is 9.26. The highest BCUT2D eigenvalue weighted by atomic mass is 35.5. The van der Waals surface area contributed by atoms with E-state index in [4.69, 9.17) is 11.6 Å². The molecule has 0 aliphatic heterocycles. The summed E-state index contributed by atoms with van der Waals surface area (Å²) in [7, 11) is 0. The van der Waals surface area contributed by atoms with E-state index in [1.807, 2.05) is 6.08 Å². The van der Waals surface area contributed by atoms with Gasteiger partial charge in [-0.25, -0.2) is 4.79 Å². The van der Waals surface area contributed by atoms with Crippen molar-refractivity contribution in [3.8, 4) is 0 Å². The van der Waals surface area contributed by atoms with E-state index in [0.717, 1.165) is 17.7 Å². The van der Waals surface area contributed by atoms with Crippen molar-refractivity contribution in [2.45, 2.75) is 32.1 Å². The van der Waals surface area contributed by atoms with E-state index in [1.54, 1.807) is 12.1 Å². The van der Waals surface area contributed by atoms with Crippen molar-refractivity contribution in [2.24, 2.45) is 5.92 Å². The van der Waals surface area contributed by atoms with Crippen LogP contribution in [0, 0.1) is 5.92 Å². The number of halogens is 1. The summed E-state index contributed by atoms with van der Waals surface area (Å²) in [6, 6.07) is 3.54. The van der Waals surface area contributed by atoms with Crippen LogP contribution in [0.3, 0.4) is 0 Å². The van der Waals surface area contributed by atoms with Crippen molar-refractivity contribution in [3.63, 3.8) is 0 Å². The Labute approximate surface area is 110 Å². The van der Waals surface area contributed by atoms with Crippen LogP contribution in [0.15, 0.2) is 18.2 Å². The molecule has 1 aromatic rings. The van der Waals surface area contributed by atoms with Crippen LogP contribution in [0.1, 0.15) is 37.0 Å². The molecule has 1 N–H and O–H groups in total. The fourth-order valence-corrected chi connectivity index (χ4v) is 3.31. The van der Waals surface area contributed by atoms with Crippen LogP contribution in [0.4, 0.5) is 0 Å². The summed E-state index contributed by atoms with van der Waals surface area (Å²) in [4.78, 5) is 12.0. The molecule has 0 atom stereocenters. The molecule has 1 saturated carbocycles. The Hall–Kier alpha value is -0.800. The SMILES string of the molecule is O=C(O)/C(=C\C1CCCCC1)c1ccc(Cl)s1. The van der Waals surface area contributed by atoms with Gasteiger partial charge in [0.05, 0.1) is 9.91 Å². The molecule has 1 aliphatic rings. The first-order valence-electron chi connectivity index (χ1n) is 5.87. The smallest absolute Gasteiger partial charge is 0.336 e. The quantitative estimate of drug-likeness (QED) is 0.824. The minimum atomic E-state index is -0.853. The molecule has 4 heteroatoms. The number of carbonyl (C=O) groups is 1. The van der Waals surface area contributed by atoms with Crippen molar-refractivity contribution < 1.29 is 9.90 Å². The molecule has 1 fully saturated rings. The standard InChI is InChI=1S/C13H15ClO2S/c14-12-7-6-11(17-12)10(13(15)16)8-9-4-2-1-3-5-9/h6-9H,1-5H2,(H,15,16)/b10-8-. The third kappa shape index (κ3) is 3.33. The molecule has 0 amide bonds. The number of allylic oxidation sites excluding steroid dienone is 1. The van der Waals surface area contributed by atoms with Gasteiger partial charge in [0.2, 0.25) is 0 Å². The highest BCUT2D eigenvalue weighted by molar-refractivity contribution is 7.17. The highest BCUT2D eigenvalue weighted by Crippen LogP contribution is 2.32. The second-order valence-electron chi connectivity index (χ2n) is 4.39. The molecule has 17 heavy (non-hydrogen) atoms. The summed E-state index contributed by atoms with van der Waals surface area (Å²) in [5.41, 5.74) is 0.411. The largest absolute Gasteiger partial charge is 0.478 e. The molecule has 1 heterocycles. The summed E-state index contributed by atoms with van der Waals surface area (Å²) >= 11 is 7.18. The van der Waals surface area contributed by atoms with Gasteiger partial charge >= 0.3 is 5.97 Å². The normalized spacial score (nSPS) is 18.3. The Kier molecular flexibility index (Phi) is 4.24. The van der Waals surface area contributed by atoms with Gasteiger partial charge in [0.1, 0.15) is 0 Å². The van der Waals surface area contributed by atoms with Gasteiger partial charge in [-0.05, 0) is 30.9 Å². The number of hydrogen-bond acceptors (Lipinski definition) is 2.